The van der Waals surface area contributed by atoms with Crippen molar-refractivity contribution in [2.45, 2.75) is 6.92 Å². The molecule has 2 heterocycles. The number of aromatic nitrogens is 1. The number of carbonyl (C=O) groups is 2. The van der Waals surface area contributed by atoms with Crippen molar-refractivity contribution in [3.8, 4) is 11.1 Å². The maximum absolute atomic E-state index is 10.6. The molecule has 0 aliphatic carbocycles. The van der Waals surface area contributed by atoms with Gasteiger partial charge in [-0.3, -0.25) is 14.9 Å². The quantitative estimate of drug-likeness (QED) is 0.293. The fourth-order valence-electron chi connectivity index (χ4n) is 3.11. The highest BCUT2D eigenvalue weighted by Gasteiger charge is 2.22. The standard InChI is InChI=1S/C15H13N.C8H5NO5/c1-12-6-5-9-15-10-14(11-16(12)15)13-7-3-2-4-8-13;10-4-5-2-1-3-6(9(13)14)7(5)8(11)12/h2-11H,1H3;1-4H,(H,11,12). The Bertz CT molecular complexity index is 1230. The third-order valence-electron chi connectivity index (χ3n) is 4.55. The molecule has 0 spiro atoms. The SMILES string of the molecule is Cc1cccc2cc(-c3ccccc3)cn12.O=Cc1cccc([N+](=O)[O-])c1C(=O)O. The molecule has 4 aromatic rings. The van der Waals surface area contributed by atoms with Crippen molar-refractivity contribution in [1.82, 2.24) is 4.40 Å². The molecule has 30 heavy (non-hydrogen) atoms. The molecule has 0 saturated heterocycles. The second kappa shape index (κ2) is 8.83. The van der Waals surface area contributed by atoms with E-state index in [0.717, 1.165) is 6.07 Å². The Morgan fingerprint density at radius 3 is 2.30 bits per heavy atom. The summed E-state index contributed by atoms with van der Waals surface area (Å²) >= 11 is 0. The van der Waals surface area contributed by atoms with Gasteiger partial charge in [-0.1, -0.05) is 48.5 Å². The topological polar surface area (TPSA) is 102 Å². The summed E-state index contributed by atoms with van der Waals surface area (Å²) in [6, 6.07) is 22.6. The first-order valence-electron chi connectivity index (χ1n) is 9.01. The number of nitro benzene ring substituents is 1. The lowest BCUT2D eigenvalue weighted by atomic mass is 10.1. The number of benzene rings is 2. The Hall–Kier alpha value is -4.26. The molecular formula is C23H18N2O5. The number of hydrogen-bond donors (Lipinski definition) is 1. The zero-order valence-electron chi connectivity index (χ0n) is 16.1. The number of aromatic carboxylic acids is 1. The third-order valence-corrected chi connectivity index (χ3v) is 4.55. The first-order chi connectivity index (χ1) is 14.4. The number of carboxylic acids is 1. The Balaban J connectivity index is 0.000000173. The van der Waals surface area contributed by atoms with Crippen molar-refractivity contribution in [1.29, 1.82) is 0 Å². The van der Waals surface area contributed by atoms with E-state index in [1.807, 2.05) is 6.07 Å². The molecule has 0 bridgehead atoms. The van der Waals surface area contributed by atoms with Gasteiger partial charge in [0.25, 0.3) is 5.69 Å². The first kappa shape index (κ1) is 20.5. The van der Waals surface area contributed by atoms with Crippen LogP contribution in [-0.2, 0) is 0 Å². The molecule has 0 saturated carbocycles. The second-order valence-corrected chi connectivity index (χ2v) is 6.48. The molecule has 2 aromatic heterocycles. The Morgan fingerprint density at radius 1 is 1.00 bits per heavy atom. The van der Waals surface area contributed by atoms with Gasteiger partial charge in [-0.2, -0.15) is 0 Å². The lowest BCUT2D eigenvalue weighted by Crippen LogP contribution is -2.06. The molecule has 0 atom stereocenters. The summed E-state index contributed by atoms with van der Waals surface area (Å²) < 4.78 is 2.22. The highest BCUT2D eigenvalue weighted by Crippen LogP contribution is 2.23. The minimum atomic E-state index is -1.49. The van der Waals surface area contributed by atoms with E-state index < -0.39 is 22.1 Å². The summed E-state index contributed by atoms with van der Waals surface area (Å²) in [4.78, 5) is 30.6. The minimum absolute atomic E-state index is 0.202. The van der Waals surface area contributed by atoms with Crippen molar-refractivity contribution in [2.24, 2.45) is 0 Å². The van der Waals surface area contributed by atoms with E-state index in [1.165, 1.54) is 34.5 Å². The van der Waals surface area contributed by atoms with Crippen LogP contribution in [0.5, 0.6) is 0 Å². The third kappa shape index (κ3) is 4.25. The van der Waals surface area contributed by atoms with Gasteiger partial charge in [0.2, 0.25) is 0 Å². The summed E-state index contributed by atoms with van der Waals surface area (Å²) in [6.45, 7) is 2.13. The summed E-state index contributed by atoms with van der Waals surface area (Å²) in [7, 11) is 0. The predicted octanol–water partition coefficient (Wildman–Crippen LogP) is 5.02. The van der Waals surface area contributed by atoms with Gasteiger partial charge in [0.15, 0.2) is 6.29 Å². The van der Waals surface area contributed by atoms with Gasteiger partial charge in [0.1, 0.15) is 5.56 Å². The number of carbonyl (C=O) groups excluding carboxylic acids is 1. The molecule has 0 amide bonds. The lowest BCUT2D eigenvalue weighted by Gasteiger charge is -1.99. The Kier molecular flexibility index (Phi) is 6.03. The van der Waals surface area contributed by atoms with E-state index in [4.69, 9.17) is 5.11 Å². The average molecular weight is 402 g/mol. The van der Waals surface area contributed by atoms with Gasteiger partial charge in [0.05, 0.1) is 4.92 Å². The molecule has 150 valence electrons. The Morgan fingerprint density at radius 2 is 1.70 bits per heavy atom. The molecule has 0 aliphatic heterocycles. The van der Waals surface area contributed by atoms with E-state index in [9.17, 15) is 19.7 Å². The van der Waals surface area contributed by atoms with Crippen molar-refractivity contribution in [3.63, 3.8) is 0 Å². The molecule has 4 rings (SSSR count). The summed E-state index contributed by atoms with van der Waals surface area (Å²) in [6.07, 6.45) is 2.47. The van der Waals surface area contributed by atoms with Crippen LogP contribution in [0.4, 0.5) is 5.69 Å². The monoisotopic (exact) mass is 402 g/mol. The molecule has 2 aromatic carbocycles. The molecule has 0 aliphatic rings. The summed E-state index contributed by atoms with van der Waals surface area (Å²) in [5.41, 5.74) is 3.69. The number of fused-ring (bicyclic) bond motifs is 1. The van der Waals surface area contributed by atoms with Crippen LogP contribution in [0.25, 0.3) is 16.6 Å². The van der Waals surface area contributed by atoms with Gasteiger partial charge in [-0.25, -0.2) is 4.79 Å². The van der Waals surface area contributed by atoms with Crippen LogP contribution >= 0.6 is 0 Å². The van der Waals surface area contributed by atoms with E-state index in [-0.39, 0.29) is 11.8 Å². The number of nitro groups is 1. The molecule has 7 nitrogen and oxygen atoms in total. The fraction of sp³-hybridized carbons (Fsp3) is 0.0435. The van der Waals surface area contributed by atoms with Crippen LogP contribution in [0.2, 0.25) is 0 Å². The lowest BCUT2D eigenvalue weighted by molar-refractivity contribution is -0.385. The molecule has 0 fully saturated rings. The zero-order valence-corrected chi connectivity index (χ0v) is 16.1. The highest BCUT2D eigenvalue weighted by atomic mass is 16.6. The number of aldehydes is 1. The molecule has 0 unspecified atom stereocenters. The second-order valence-electron chi connectivity index (χ2n) is 6.48. The van der Waals surface area contributed by atoms with Crippen molar-refractivity contribution < 1.29 is 19.6 Å². The van der Waals surface area contributed by atoms with Crippen molar-refractivity contribution >= 4 is 23.5 Å². The normalized spacial score (nSPS) is 10.2. The van der Waals surface area contributed by atoms with Crippen LogP contribution in [0.3, 0.4) is 0 Å². The van der Waals surface area contributed by atoms with E-state index in [2.05, 4.69) is 66.1 Å². The molecule has 0 radical (unpaired) electrons. The number of rotatable bonds is 4. The van der Waals surface area contributed by atoms with Gasteiger partial charge >= 0.3 is 5.97 Å². The number of hydrogen-bond acceptors (Lipinski definition) is 4. The van der Waals surface area contributed by atoms with Crippen molar-refractivity contribution in [2.75, 3.05) is 0 Å². The van der Waals surface area contributed by atoms with E-state index >= 15 is 0 Å². The molecular weight excluding hydrogens is 384 g/mol. The fourth-order valence-corrected chi connectivity index (χ4v) is 3.11. The maximum atomic E-state index is 10.6. The number of nitrogens with zero attached hydrogens (tertiary/aromatic N) is 2. The van der Waals surface area contributed by atoms with Crippen LogP contribution in [-0.4, -0.2) is 26.7 Å². The highest BCUT2D eigenvalue weighted by molar-refractivity contribution is 6.00. The van der Waals surface area contributed by atoms with E-state index in [0.29, 0.717) is 0 Å². The Labute approximate surface area is 172 Å². The molecule has 7 heteroatoms. The first-order valence-corrected chi connectivity index (χ1v) is 9.01. The van der Waals surface area contributed by atoms with Gasteiger partial charge in [-0.15, -0.1) is 0 Å². The largest absolute Gasteiger partial charge is 0.477 e. The minimum Gasteiger partial charge on any atom is -0.477 e. The zero-order chi connectivity index (χ0) is 21.7. The maximum Gasteiger partial charge on any atom is 0.343 e. The number of aryl methyl sites for hydroxylation is 1. The average Bonchev–Trinajstić information content (AvgIpc) is 3.20. The van der Waals surface area contributed by atoms with Crippen LogP contribution < -0.4 is 0 Å². The van der Waals surface area contributed by atoms with Gasteiger partial charge in [-0.05, 0) is 30.7 Å². The van der Waals surface area contributed by atoms with Crippen LogP contribution in [0, 0.1) is 17.0 Å². The smallest absolute Gasteiger partial charge is 0.343 e. The van der Waals surface area contributed by atoms with Crippen molar-refractivity contribution in [3.05, 3.63) is 106 Å². The van der Waals surface area contributed by atoms with Crippen LogP contribution in [0.1, 0.15) is 26.4 Å². The summed E-state index contributed by atoms with van der Waals surface area (Å²) in [5, 5.41) is 19.1. The van der Waals surface area contributed by atoms with E-state index in [1.54, 1.807) is 0 Å². The summed E-state index contributed by atoms with van der Waals surface area (Å²) in [5.74, 6) is -1.49. The van der Waals surface area contributed by atoms with Gasteiger partial charge in [0, 0.05) is 34.6 Å². The predicted molar refractivity (Wildman–Crippen MR) is 113 cm³/mol. The molecule has 1 N–H and O–H groups in total. The van der Waals surface area contributed by atoms with Gasteiger partial charge < -0.3 is 9.51 Å². The number of pyridine rings is 1. The number of carboxylic acid groups (broad SMARTS) is 1. The van der Waals surface area contributed by atoms with Crippen LogP contribution in [0.15, 0.2) is 79.0 Å².